The Bertz CT molecular complexity index is 546. The zero-order valence-corrected chi connectivity index (χ0v) is 11.9. The van der Waals surface area contributed by atoms with E-state index < -0.39 is 22.7 Å². The molecule has 0 saturated carbocycles. The average molecular weight is 311 g/mol. The summed E-state index contributed by atoms with van der Waals surface area (Å²) in [5.74, 6) is 0. The summed E-state index contributed by atoms with van der Waals surface area (Å²) in [5, 5.41) is 2.63. The van der Waals surface area contributed by atoms with Gasteiger partial charge in [-0.25, -0.2) is 8.42 Å². The van der Waals surface area contributed by atoms with Crippen molar-refractivity contribution in [1.29, 1.82) is 0 Å². The van der Waals surface area contributed by atoms with Crippen molar-refractivity contribution in [3.63, 3.8) is 0 Å². The molecule has 0 aromatic carbocycles. The molecule has 0 aliphatic heterocycles. The monoisotopic (exact) mass is 311 g/mol. The standard InChI is InChI=1S/C11H16F3N3O2S/c1-3-6-17(8-11(12,13)14)20(18,19)10-7-16-5-4-9(10)15-2/h4-5,7H,3,6,8H2,1-2H3,(H,15,16). The molecule has 1 heterocycles. The number of hydrogen-bond donors (Lipinski definition) is 1. The van der Waals surface area contributed by atoms with Gasteiger partial charge < -0.3 is 5.32 Å². The number of sulfonamides is 1. The predicted molar refractivity (Wildman–Crippen MR) is 68.9 cm³/mol. The maximum Gasteiger partial charge on any atom is 0.402 e. The van der Waals surface area contributed by atoms with Gasteiger partial charge in [0.25, 0.3) is 0 Å². The second-order valence-electron chi connectivity index (χ2n) is 4.08. The number of pyridine rings is 1. The molecule has 0 saturated heterocycles. The van der Waals surface area contributed by atoms with E-state index in [0.29, 0.717) is 4.31 Å². The lowest BCUT2D eigenvalue weighted by molar-refractivity contribution is -0.136. The predicted octanol–water partition coefficient (Wildman–Crippen LogP) is 2.09. The second kappa shape index (κ2) is 6.40. The quantitative estimate of drug-likeness (QED) is 0.874. The Morgan fingerprint density at radius 1 is 1.40 bits per heavy atom. The molecule has 114 valence electrons. The van der Waals surface area contributed by atoms with Gasteiger partial charge in [-0.05, 0) is 12.5 Å². The van der Waals surface area contributed by atoms with Gasteiger partial charge in [-0.1, -0.05) is 6.92 Å². The zero-order chi connectivity index (χ0) is 15.4. The Morgan fingerprint density at radius 2 is 2.05 bits per heavy atom. The molecule has 0 amide bonds. The van der Waals surface area contributed by atoms with Gasteiger partial charge in [0.2, 0.25) is 10.0 Å². The number of anilines is 1. The van der Waals surface area contributed by atoms with Crippen LogP contribution in [0.1, 0.15) is 13.3 Å². The van der Waals surface area contributed by atoms with E-state index in [0.717, 1.165) is 6.20 Å². The van der Waals surface area contributed by atoms with Crippen LogP contribution < -0.4 is 5.32 Å². The summed E-state index contributed by atoms with van der Waals surface area (Å²) in [5.41, 5.74) is 0.211. The van der Waals surface area contributed by atoms with E-state index in [1.54, 1.807) is 6.92 Å². The van der Waals surface area contributed by atoms with E-state index in [1.165, 1.54) is 19.3 Å². The van der Waals surface area contributed by atoms with Crippen LogP contribution in [0.4, 0.5) is 18.9 Å². The molecule has 0 atom stereocenters. The van der Waals surface area contributed by atoms with E-state index >= 15 is 0 Å². The number of hydrogen-bond acceptors (Lipinski definition) is 4. The lowest BCUT2D eigenvalue weighted by Gasteiger charge is -2.23. The molecule has 0 unspecified atom stereocenters. The van der Waals surface area contributed by atoms with Crippen LogP contribution in [0.25, 0.3) is 0 Å². The van der Waals surface area contributed by atoms with Gasteiger partial charge in [-0.2, -0.15) is 17.5 Å². The molecule has 9 heteroatoms. The van der Waals surface area contributed by atoms with E-state index in [9.17, 15) is 21.6 Å². The molecular weight excluding hydrogens is 295 g/mol. The third-order valence-electron chi connectivity index (χ3n) is 2.50. The summed E-state index contributed by atoms with van der Waals surface area (Å²) in [6.07, 6.45) is -1.91. The van der Waals surface area contributed by atoms with E-state index in [2.05, 4.69) is 10.3 Å². The molecule has 1 aromatic heterocycles. The number of aromatic nitrogens is 1. The van der Waals surface area contributed by atoms with Crippen LogP contribution in [0.5, 0.6) is 0 Å². The van der Waals surface area contributed by atoms with Crippen molar-refractivity contribution in [2.75, 3.05) is 25.5 Å². The van der Waals surface area contributed by atoms with Gasteiger partial charge in [0, 0.05) is 26.0 Å². The van der Waals surface area contributed by atoms with Crippen LogP contribution >= 0.6 is 0 Å². The van der Waals surface area contributed by atoms with Gasteiger partial charge in [-0.3, -0.25) is 4.98 Å². The summed E-state index contributed by atoms with van der Waals surface area (Å²) in [4.78, 5) is 3.41. The highest BCUT2D eigenvalue weighted by atomic mass is 32.2. The first-order chi connectivity index (χ1) is 9.22. The van der Waals surface area contributed by atoms with Crippen LogP contribution in [0.3, 0.4) is 0 Å². The fraction of sp³-hybridized carbons (Fsp3) is 0.545. The van der Waals surface area contributed by atoms with Crippen molar-refractivity contribution >= 4 is 15.7 Å². The van der Waals surface area contributed by atoms with Crippen LogP contribution in [0.15, 0.2) is 23.4 Å². The van der Waals surface area contributed by atoms with Crippen molar-refractivity contribution < 1.29 is 21.6 Å². The molecule has 0 radical (unpaired) electrons. The summed E-state index contributed by atoms with van der Waals surface area (Å²) in [6.45, 7) is -0.109. The van der Waals surface area contributed by atoms with E-state index in [-0.39, 0.29) is 23.5 Å². The molecule has 5 nitrogen and oxygen atoms in total. The largest absolute Gasteiger partial charge is 0.402 e. The highest BCUT2D eigenvalue weighted by molar-refractivity contribution is 7.89. The highest BCUT2D eigenvalue weighted by Gasteiger charge is 2.37. The minimum atomic E-state index is -4.59. The summed E-state index contributed by atoms with van der Waals surface area (Å²) in [7, 11) is -2.76. The zero-order valence-electron chi connectivity index (χ0n) is 11.1. The minimum Gasteiger partial charge on any atom is -0.387 e. The van der Waals surface area contributed by atoms with Gasteiger partial charge in [0.1, 0.15) is 11.4 Å². The summed E-state index contributed by atoms with van der Waals surface area (Å²) >= 11 is 0. The number of nitrogens with one attached hydrogen (secondary N) is 1. The van der Waals surface area contributed by atoms with Crippen LogP contribution in [0, 0.1) is 0 Å². The number of alkyl halides is 3. The third kappa shape index (κ3) is 4.07. The van der Waals surface area contributed by atoms with Crippen molar-refractivity contribution in [2.45, 2.75) is 24.4 Å². The van der Waals surface area contributed by atoms with Crippen LogP contribution in [-0.2, 0) is 10.0 Å². The molecule has 1 aromatic rings. The molecular formula is C11H16F3N3O2S. The normalized spacial score (nSPS) is 12.7. The molecule has 0 fully saturated rings. The average Bonchev–Trinajstić information content (AvgIpc) is 2.36. The first kappa shape index (κ1) is 16.7. The lowest BCUT2D eigenvalue weighted by Crippen LogP contribution is -2.39. The smallest absolute Gasteiger partial charge is 0.387 e. The van der Waals surface area contributed by atoms with Crippen molar-refractivity contribution in [1.82, 2.24) is 9.29 Å². The molecule has 0 aliphatic carbocycles. The molecule has 20 heavy (non-hydrogen) atoms. The Balaban J connectivity index is 3.22. The van der Waals surface area contributed by atoms with Crippen molar-refractivity contribution in [3.05, 3.63) is 18.5 Å². The topological polar surface area (TPSA) is 62.3 Å². The van der Waals surface area contributed by atoms with Crippen molar-refractivity contribution in [3.8, 4) is 0 Å². The maximum atomic E-state index is 12.5. The summed E-state index contributed by atoms with van der Waals surface area (Å²) < 4.78 is 62.6. The first-order valence-corrected chi connectivity index (χ1v) is 7.35. The molecule has 0 bridgehead atoms. The van der Waals surface area contributed by atoms with Gasteiger partial charge in [0.15, 0.2) is 0 Å². The second-order valence-corrected chi connectivity index (χ2v) is 5.98. The van der Waals surface area contributed by atoms with E-state index in [1.807, 2.05) is 0 Å². The SMILES string of the molecule is CCCN(CC(F)(F)F)S(=O)(=O)c1cnccc1NC. The van der Waals surface area contributed by atoms with Crippen LogP contribution in [0.2, 0.25) is 0 Å². The van der Waals surface area contributed by atoms with Crippen LogP contribution in [-0.4, -0.2) is 44.0 Å². The first-order valence-electron chi connectivity index (χ1n) is 5.91. The Hall–Kier alpha value is -1.35. The van der Waals surface area contributed by atoms with Gasteiger partial charge in [0.05, 0.1) is 5.69 Å². The van der Waals surface area contributed by atoms with Gasteiger partial charge >= 0.3 is 6.18 Å². The highest BCUT2D eigenvalue weighted by Crippen LogP contribution is 2.26. The number of rotatable bonds is 6. The fourth-order valence-corrected chi connectivity index (χ4v) is 3.32. The van der Waals surface area contributed by atoms with Gasteiger partial charge in [-0.15, -0.1) is 0 Å². The fourth-order valence-electron chi connectivity index (χ4n) is 1.66. The lowest BCUT2D eigenvalue weighted by atomic mass is 10.4. The maximum absolute atomic E-state index is 12.5. The Labute approximate surface area is 115 Å². The summed E-state index contributed by atoms with van der Waals surface area (Å²) in [6, 6.07) is 1.39. The third-order valence-corrected chi connectivity index (χ3v) is 4.37. The van der Waals surface area contributed by atoms with Crippen molar-refractivity contribution in [2.24, 2.45) is 0 Å². The molecule has 1 rings (SSSR count). The van der Waals surface area contributed by atoms with E-state index in [4.69, 9.17) is 0 Å². The Kier molecular flexibility index (Phi) is 5.35. The molecule has 0 aliphatic rings. The Morgan fingerprint density at radius 3 is 2.55 bits per heavy atom. The number of nitrogens with zero attached hydrogens (tertiary/aromatic N) is 2. The minimum absolute atomic E-state index is 0.208. The number of halogens is 3. The molecule has 1 N–H and O–H groups in total. The molecule has 0 spiro atoms.